The zero-order chi connectivity index (χ0) is 21.2. The van der Waals surface area contributed by atoms with Crippen LogP contribution in [0.3, 0.4) is 0 Å². The van der Waals surface area contributed by atoms with E-state index < -0.39 is 10.0 Å². The minimum absolute atomic E-state index is 0.00717. The van der Waals surface area contributed by atoms with E-state index >= 15 is 0 Å². The van der Waals surface area contributed by atoms with Gasteiger partial charge in [0.25, 0.3) is 5.91 Å². The van der Waals surface area contributed by atoms with Gasteiger partial charge in [0.1, 0.15) is 10.6 Å². The highest BCUT2D eigenvalue weighted by Crippen LogP contribution is 2.38. The van der Waals surface area contributed by atoms with Crippen LogP contribution in [0.1, 0.15) is 24.2 Å². The number of benzene rings is 2. The molecule has 0 aromatic heterocycles. The summed E-state index contributed by atoms with van der Waals surface area (Å²) in [7, 11) is -2.37. The average Bonchev–Trinajstić information content (AvgIpc) is 2.73. The van der Waals surface area contributed by atoms with Crippen LogP contribution in [0.2, 0.25) is 5.02 Å². The third kappa shape index (κ3) is 4.26. The highest BCUT2D eigenvalue weighted by molar-refractivity contribution is 7.99. The molecule has 0 atom stereocenters. The number of hydrogen-bond donors (Lipinski definition) is 0. The van der Waals surface area contributed by atoms with Gasteiger partial charge in [0.2, 0.25) is 10.0 Å². The van der Waals surface area contributed by atoms with E-state index in [0.717, 1.165) is 16.3 Å². The molecule has 156 valence electrons. The minimum atomic E-state index is -3.79. The molecule has 29 heavy (non-hydrogen) atoms. The highest BCUT2D eigenvalue weighted by Gasteiger charge is 2.29. The molecule has 0 aliphatic carbocycles. The molecule has 0 bridgehead atoms. The Morgan fingerprint density at radius 2 is 1.93 bits per heavy atom. The number of amides is 1. The third-order valence-electron chi connectivity index (χ3n) is 4.76. The standard InChI is InChI=1S/C20H23ClN2O4S2/c1-4-22(5-2)29(25,26)19-12-14(6-8-17(19)27-3)20(24)23-10-11-28-18-9-7-15(21)13-16(18)23/h6-9,12-13H,4-5,10-11H2,1-3H3. The molecule has 0 radical (unpaired) electrons. The number of nitrogens with zero attached hydrogens (tertiary/aromatic N) is 2. The molecule has 3 rings (SSSR count). The molecule has 9 heteroatoms. The van der Waals surface area contributed by atoms with Gasteiger partial charge in [-0.05, 0) is 36.4 Å². The van der Waals surface area contributed by atoms with E-state index in [1.165, 1.54) is 23.5 Å². The van der Waals surface area contributed by atoms with Crippen molar-refractivity contribution in [3.63, 3.8) is 0 Å². The SMILES string of the molecule is CCN(CC)S(=O)(=O)c1cc(C(=O)N2CCSc3ccc(Cl)cc32)ccc1OC. The molecule has 0 N–H and O–H groups in total. The summed E-state index contributed by atoms with van der Waals surface area (Å²) in [5.74, 6) is 0.694. The molecule has 1 amide bonds. The van der Waals surface area contributed by atoms with Crippen molar-refractivity contribution in [1.29, 1.82) is 0 Å². The lowest BCUT2D eigenvalue weighted by atomic mass is 10.1. The van der Waals surface area contributed by atoms with Gasteiger partial charge in [-0.2, -0.15) is 4.31 Å². The predicted octanol–water partition coefficient (Wildman–Crippen LogP) is 4.13. The summed E-state index contributed by atoms with van der Waals surface area (Å²) in [6.45, 7) is 4.72. The van der Waals surface area contributed by atoms with Gasteiger partial charge in [-0.3, -0.25) is 4.79 Å². The fraction of sp³-hybridized carbons (Fsp3) is 0.350. The first-order valence-corrected chi connectivity index (χ1v) is 12.1. The lowest BCUT2D eigenvalue weighted by Gasteiger charge is -2.29. The molecule has 2 aromatic rings. The van der Waals surface area contributed by atoms with Gasteiger partial charge in [0.15, 0.2) is 0 Å². The van der Waals surface area contributed by atoms with E-state index in [0.29, 0.717) is 24.7 Å². The Balaban J connectivity index is 2.05. The van der Waals surface area contributed by atoms with Crippen molar-refractivity contribution >= 4 is 45.0 Å². The van der Waals surface area contributed by atoms with Crippen LogP contribution in [0.15, 0.2) is 46.2 Å². The number of carbonyl (C=O) groups excluding carboxylic acids is 1. The van der Waals surface area contributed by atoms with Gasteiger partial charge in [-0.1, -0.05) is 25.4 Å². The fourth-order valence-electron chi connectivity index (χ4n) is 3.27. The van der Waals surface area contributed by atoms with E-state index in [-0.39, 0.29) is 22.1 Å². The molecule has 1 aliphatic rings. The molecule has 1 heterocycles. The Morgan fingerprint density at radius 3 is 2.59 bits per heavy atom. The zero-order valence-electron chi connectivity index (χ0n) is 16.5. The Labute approximate surface area is 180 Å². The van der Waals surface area contributed by atoms with Crippen molar-refractivity contribution < 1.29 is 17.9 Å². The number of anilines is 1. The number of rotatable bonds is 6. The quantitative estimate of drug-likeness (QED) is 0.656. The van der Waals surface area contributed by atoms with Crippen molar-refractivity contribution in [1.82, 2.24) is 4.31 Å². The van der Waals surface area contributed by atoms with Crippen molar-refractivity contribution in [3.05, 3.63) is 47.0 Å². The Hall–Kier alpha value is -1.74. The summed E-state index contributed by atoms with van der Waals surface area (Å²) in [6, 6.07) is 9.98. The second-order valence-corrected chi connectivity index (χ2v) is 9.85. The second-order valence-electron chi connectivity index (χ2n) is 6.37. The molecule has 0 spiro atoms. The zero-order valence-corrected chi connectivity index (χ0v) is 18.9. The molecule has 0 saturated heterocycles. The topological polar surface area (TPSA) is 66.9 Å². The molecule has 0 fully saturated rings. The van der Waals surface area contributed by atoms with Gasteiger partial charge in [0, 0.05) is 40.9 Å². The maximum absolute atomic E-state index is 13.3. The monoisotopic (exact) mass is 454 g/mol. The molecule has 6 nitrogen and oxygen atoms in total. The van der Waals surface area contributed by atoms with Crippen molar-refractivity contribution in [2.45, 2.75) is 23.6 Å². The van der Waals surface area contributed by atoms with Crippen LogP contribution >= 0.6 is 23.4 Å². The van der Waals surface area contributed by atoms with Gasteiger partial charge < -0.3 is 9.64 Å². The van der Waals surface area contributed by atoms with E-state index in [9.17, 15) is 13.2 Å². The summed E-state index contributed by atoms with van der Waals surface area (Å²) >= 11 is 7.80. The van der Waals surface area contributed by atoms with E-state index in [1.807, 2.05) is 6.07 Å². The smallest absolute Gasteiger partial charge is 0.258 e. The lowest BCUT2D eigenvalue weighted by molar-refractivity contribution is 0.0987. The highest BCUT2D eigenvalue weighted by atomic mass is 35.5. The molecule has 2 aromatic carbocycles. The Morgan fingerprint density at radius 1 is 1.21 bits per heavy atom. The van der Waals surface area contributed by atoms with E-state index in [1.54, 1.807) is 48.7 Å². The maximum atomic E-state index is 13.3. The fourth-order valence-corrected chi connectivity index (χ4v) is 6.05. The number of sulfonamides is 1. The van der Waals surface area contributed by atoms with Crippen LogP contribution < -0.4 is 9.64 Å². The number of halogens is 1. The van der Waals surface area contributed by atoms with Crippen LogP contribution in [-0.4, -0.2) is 51.1 Å². The number of methoxy groups -OCH3 is 1. The van der Waals surface area contributed by atoms with Crippen LogP contribution in [0.5, 0.6) is 5.75 Å². The maximum Gasteiger partial charge on any atom is 0.258 e. The van der Waals surface area contributed by atoms with Gasteiger partial charge in [0.05, 0.1) is 12.8 Å². The van der Waals surface area contributed by atoms with Gasteiger partial charge in [-0.25, -0.2) is 8.42 Å². The first-order chi connectivity index (χ1) is 13.8. The Kier molecular flexibility index (Phi) is 6.78. The molecule has 0 unspecified atom stereocenters. The first-order valence-electron chi connectivity index (χ1n) is 9.25. The number of hydrogen-bond acceptors (Lipinski definition) is 5. The molecule has 1 aliphatic heterocycles. The summed E-state index contributed by atoms with van der Waals surface area (Å²) in [5, 5.41) is 0.545. The Bertz CT molecular complexity index is 1020. The second kappa shape index (κ2) is 8.95. The number of thioether (sulfide) groups is 1. The van der Waals surface area contributed by atoms with Crippen molar-refractivity contribution in [2.75, 3.05) is 37.4 Å². The van der Waals surface area contributed by atoms with Crippen LogP contribution in [0.4, 0.5) is 5.69 Å². The minimum Gasteiger partial charge on any atom is -0.495 e. The first kappa shape index (κ1) is 22.0. The van der Waals surface area contributed by atoms with E-state index in [2.05, 4.69) is 0 Å². The summed E-state index contributed by atoms with van der Waals surface area (Å²) in [5.41, 5.74) is 1.03. The van der Waals surface area contributed by atoms with Gasteiger partial charge in [-0.15, -0.1) is 11.8 Å². The van der Waals surface area contributed by atoms with Crippen molar-refractivity contribution in [3.8, 4) is 5.75 Å². The van der Waals surface area contributed by atoms with Crippen LogP contribution in [-0.2, 0) is 10.0 Å². The number of ether oxygens (including phenoxy) is 1. The normalized spacial score (nSPS) is 14.0. The predicted molar refractivity (Wildman–Crippen MR) is 117 cm³/mol. The van der Waals surface area contributed by atoms with Gasteiger partial charge >= 0.3 is 0 Å². The summed E-state index contributed by atoms with van der Waals surface area (Å²) < 4.78 is 32.7. The number of carbonyl (C=O) groups is 1. The molecular weight excluding hydrogens is 432 g/mol. The average molecular weight is 455 g/mol. The lowest BCUT2D eigenvalue weighted by Crippen LogP contribution is -2.36. The van der Waals surface area contributed by atoms with Crippen LogP contribution in [0.25, 0.3) is 0 Å². The summed E-state index contributed by atoms with van der Waals surface area (Å²) in [4.78, 5) is 15.9. The molecular formula is C20H23ClN2O4S2. The van der Waals surface area contributed by atoms with E-state index in [4.69, 9.17) is 16.3 Å². The largest absolute Gasteiger partial charge is 0.495 e. The third-order valence-corrected chi connectivity index (χ3v) is 8.11. The molecule has 0 saturated carbocycles. The van der Waals surface area contributed by atoms with Crippen LogP contribution in [0, 0.1) is 0 Å². The number of fused-ring (bicyclic) bond motifs is 1. The van der Waals surface area contributed by atoms with Crippen molar-refractivity contribution in [2.24, 2.45) is 0 Å². The summed E-state index contributed by atoms with van der Waals surface area (Å²) in [6.07, 6.45) is 0.